The SMILES string of the molecule is COc1ccc(NS(=O)(=O)c2cc(-c3nc(-c4ccc(Cl)cc4)no3)cs2)cc1Cl. The Labute approximate surface area is 186 Å². The van der Waals surface area contributed by atoms with Gasteiger partial charge >= 0.3 is 0 Å². The number of anilines is 1. The van der Waals surface area contributed by atoms with E-state index in [1.807, 2.05) is 0 Å². The summed E-state index contributed by atoms with van der Waals surface area (Å²) in [6.45, 7) is 0. The van der Waals surface area contributed by atoms with Gasteiger partial charge in [-0.2, -0.15) is 4.98 Å². The molecule has 2 heterocycles. The van der Waals surface area contributed by atoms with E-state index < -0.39 is 10.0 Å². The summed E-state index contributed by atoms with van der Waals surface area (Å²) >= 11 is 13.0. The molecule has 4 rings (SSSR count). The van der Waals surface area contributed by atoms with E-state index in [9.17, 15) is 8.42 Å². The maximum absolute atomic E-state index is 12.7. The van der Waals surface area contributed by atoms with Gasteiger partial charge in [0.05, 0.1) is 23.4 Å². The molecule has 0 unspecified atom stereocenters. The zero-order valence-corrected chi connectivity index (χ0v) is 18.4. The smallest absolute Gasteiger partial charge is 0.271 e. The van der Waals surface area contributed by atoms with Gasteiger partial charge in [0.25, 0.3) is 15.9 Å². The minimum atomic E-state index is -3.82. The lowest BCUT2D eigenvalue weighted by Crippen LogP contribution is -2.11. The van der Waals surface area contributed by atoms with E-state index in [0.29, 0.717) is 32.9 Å². The third kappa shape index (κ3) is 4.29. The summed E-state index contributed by atoms with van der Waals surface area (Å²) in [6.07, 6.45) is 0. The number of methoxy groups -OCH3 is 1. The number of hydrogen-bond acceptors (Lipinski definition) is 7. The number of nitrogens with one attached hydrogen (secondary N) is 1. The van der Waals surface area contributed by atoms with Gasteiger partial charge in [0.1, 0.15) is 9.96 Å². The van der Waals surface area contributed by atoms with Crippen molar-refractivity contribution in [2.45, 2.75) is 4.21 Å². The minimum absolute atomic E-state index is 0.0932. The van der Waals surface area contributed by atoms with Crippen molar-refractivity contribution in [2.75, 3.05) is 11.8 Å². The average molecular weight is 482 g/mol. The number of sulfonamides is 1. The summed E-state index contributed by atoms with van der Waals surface area (Å²) in [5.41, 5.74) is 1.55. The maximum Gasteiger partial charge on any atom is 0.271 e. The summed E-state index contributed by atoms with van der Waals surface area (Å²) < 4.78 is 38.4. The zero-order chi connectivity index (χ0) is 21.3. The van der Waals surface area contributed by atoms with E-state index in [1.165, 1.54) is 19.2 Å². The van der Waals surface area contributed by atoms with Crippen molar-refractivity contribution in [1.82, 2.24) is 10.1 Å². The first kappa shape index (κ1) is 20.7. The van der Waals surface area contributed by atoms with E-state index in [2.05, 4.69) is 14.9 Å². The van der Waals surface area contributed by atoms with E-state index in [-0.39, 0.29) is 10.1 Å². The standard InChI is InChI=1S/C19H13Cl2N3O4S2/c1-27-16-7-6-14(9-15(16)21)24-30(25,26)17-8-12(10-29-17)19-22-18(23-28-19)11-2-4-13(20)5-3-11/h2-10,24H,1H3. The van der Waals surface area contributed by atoms with Crippen molar-refractivity contribution < 1.29 is 17.7 Å². The summed E-state index contributed by atoms with van der Waals surface area (Å²) in [4.78, 5) is 4.33. The first-order chi connectivity index (χ1) is 14.4. The number of nitrogens with zero attached hydrogens (tertiary/aromatic N) is 2. The number of thiophene rings is 1. The Kier molecular flexibility index (Phi) is 5.70. The van der Waals surface area contributed by atoms with Crippen molar-refractivity contribution in [3.8, 4) is 28.6 Å². The Morgan fingerprint density at radius 2 is 1.83 bits per heavy atom. The van der Waals surface area contributed by atoms with Crippen LogP contribution in [0.25, 0.3) is 22.8 Å². The number of aromatic nitrogens is 2. The van der Waals surface area contributed by atoms with Crippen molar-refractivity contribution in [2.24, 2.45) is 0 Å². The molecular formula is C19H13Cl2N3O4S2. The van der Waals surface area contributed by atoms with Crippen LogP contribution in [0.2, 0.25) is 10.0 Å². The Bertz CT molecular complexity index is 1300. The van der Waals surface area contributed by atoms with Gasteiger partial charge in [-0.05, 0) is 48.5 Å². The van der Waals surface area contributed by atoms with Crippen LogP contribution in [0.15, 0.2) is 62.6 Å². The van der Waals surface area contributed by atoms with Crippen LogP contribution < -0.4 is 9.46 Å². The second-order valence-electron chi connectivity index (χ2n) is 6.04. The second kappa shape index (κ2) is 8.27. The quantitative estimate of drug-likeness (QED) is 0.386. The molecule has 11 heteroatoms. The third-order valence-electron chi connectivity index (χ3n) is 4.02. The predicted octanol–water partition coefficient (Wildman–Crippen LogP) is 5.58. The van der Waals surface area contributed by atoms with E-state index >= 15 is 0 Å². The van der Waals surface area contributed by atoms with Crippen LogP contribution in [0, 0.1) is 0 Å². The predicted molar refractivity (Wildman–Crippen MR) is 117 cm³/mol. The normalized spacial score (nSPS) is 11.4. The summed E-state index contributed by atoms with van der Waals surface area (Å²) in [5, 5.41) is 6.47. The Hall–Kier alpha value is -2.59. The first-order valence-corrected chi connectivity index (χ1v) is 11.5. The lowest BCUT2D eigenvalue weighted by atomic mass is 10.2. The molecule has 0 radical (unpaired) electrons. The van der Waals surface area contributed by atoms with Gasteiger partial charge in [-0.25, -0.2) is 8.42 Å². The molecule has 0 amide bonds. The van der Waals surface area contributed by atoms with Gasteiger partial charge in [-0.15, -0.1) is 11.3 Å². The molecule has 0 saturated heterocycles. The fourth-order valence-corrected chi connectivity index (χ4v) is 5.15. The van der Waals surface area contributed by atoms with Gasteiger partial charge in [-0.1, -0.05) is 28.4 Å². The van der Waals surface area contributed by atoms with Crippen LogP contribution in [-0.4, -0.2) is 25.7 Å². The second-order valence-corrected chi connectivity index (χ2v) is 9.70. The van der Waals surface area contributed by atoms with Gasteiger partial charge < -0.3 is 9.26 Å². The molecule has 0 saturated carbocycles. The highest BCUT2D eigenvalue weighted by Crippen LogP contribution is 2.32. The molecule has 7 nitrogen and oxygen atoms in total. The van der Waals surface area contributed by atoms with E-state index in [0.717, 1.165) is 16.9 Å². The lowest BCUT2D eigenvalue weighted by molar-refractivity contribution is 0.415. The first-order valence-electron chi connectivity index (χ1n) is 8.40. The fraction of sp³-hybridized carbons (Fsp3) is 0.0526. The van der Waals surface area contributed by atoms with Gasteiger partial charge in [-0.3, -0.25) is 4.72 Å². The molecule has 1 N–H and O–H groups in total. The molecule has 154 valence electrons. The molecule has 0 atom stereocenters. The molecule has 0 aliphatic carbocycles. The number of halogens is 2. The summed E-state index contributed by atoms with van der Waals surface area (Å²) in [6, 6.07) is 13.1. The zero-order valence-electron chi connectivity index (χ0n) is 15.3. The highest BCUT2D eigenvalue weighted by Gasteiger charge is 2.20. The number of hydrogen-bond donors (Lipinski definition) is 1. The number of benzene rings is 2. The van der Waals surface area contributed by atoms with E-state index in [1.54, 1.807) is 41.8 Å². The molecule has 2 aromatic carbocycles. The summed E-state index contributed by atoms with van der Waals surface area (Å²) in [5.74, 6) is 1.04. The lowest BCUT2D eigenvalue weighted by Gasteiger charge is -2.08. The summed E-state index contributed by atoms with van der Waals surface area (Å²) in [7, 11) is -2.34. The molecule has 0 spiro atoms. The van der Waals surface area contributed by atoms with E-state index in [4.69, 9.17) is 32.5 Å². The van der Waals surface area contributed by atoms with Crippen LogP contribution in [0.1, 0.15) is 0 Å². The maximum atomic E-state index is 12.7. The molecule has 4 aromatic rings. The monoisotopic (exact) mass is 481 g/mol. The van der Waals surface area contributed by atoms with Gasteiger partial charge in [0.15, 0.2) is 0 Å². The molecular weight excluding hydrogens is 469 g/mol. The minimum Gasteiger partial charge on any atom is -0.495 e. The largest absolute Gasteiger partial charge is 0.495 e. The molecule has 0 bridgehead atoms. The molecule has 0 aliphatic heterocycles. The van der Waals surface area contributed by atoms with Crippen LogP contribution in [0.5, 0.6) is 5.75 Å². The van der Waals surface area contributed by atoms with Crippen molar-refractivity contribution in [3.63, 3.8) is 0 Å². The highest BCUT2D eigenvalue weighted by molar-refractivity contribution is 7.94. The van der Waals surface area contributed by atoms with Crippen LogP contribution >= 0.6 is 34.5 Å². The van der Waals surface area contributed by atoms with Crippen LogP contribution in [0.3, 0.4) is 0 Å². The Morgan fingerprint density at radius 3 is 2.53 bits per heavy atom. The van der Waals surface area contributed by atoms with Crippen molar-refractivity contribution in [3.05, 3.63) is 64.0 Å². The highest BCUT2D eigenvalue weighted by atomic mass is 35.5. The number of rotatable bonds is 6. The topological polar surface area (TPSA) is 94.3 Å². The third-order valence-corrected chi connectivity index (χ3v) is 7.39. The average Bonchev–Trinajstić information content (AvgIpc) is 3.38. The molecule has 2 aromatic heterocycles. The Morgan fingerprint density at radius 1 is 1.07 bits per heavy atom. The van der Waals surface area contributed by atoms with Gasteiger partial charge in [0.2, 0.25) is 5.82 Å². The molecule has 30 heavy (non-hydrogen) atoms. The van der Waals surface area contributed by atoms with Crippen molar-refractivity contribution >= 4 is 50.2 Å². The van der Waals surface area contributed by atoms with Gasteiger partial charge in [0, 0.05) is 16.0 Å². The van der Waals surface area contributed by atoms with Crippen molar-refractivity contribution in [1.29, 1.82) is 0 Å². The fourth-order valence-electron chi connectivity index (χ4n) is 2.56. The Balaban J connectivity index is 1.56. The molecule has 0 aliphatic rings. The van der Waals surface area contributed by atoms with Crippen LogP contribution in [-0.2, 0) is 10.0 Å². The molecule has 0 fully saturated rings. The van der Waals surface area contributed by atoms with Crippen LogP contribution in [0.4, 0.5) is 5.69 Å². The number of ether oxygens (including phenoxy) is 1.